The van der Waals surface area contributed by atoms with E-state index in [1.165, 1.54) is 6.42 Å². The van der Waals surface area contributed by atoms with E-state index in [4.69, 9.17) is 0 Å². The molecule has 1 aliphatic carbocycles. The first-order valence-corrected chi connectivity index (χ1v) is 13.7. The van der Waals surface area contributed by atoms with Crippen molar-refractivity contribution in [2.75, 3.05) is 19.6 Å². The highest BCUT2D eigenvalue weighted by Gasteiger charge is 2.40. The SMILES string of the molecule is O=C(NC1CCN(C(=O)C2CCCCC2)CC1)[C@@H]1CCCN1C1=NS(=O)(=O)c2ccccc21. The Balaban J connectivity index is 1.20. The fraction of sp³-hybridized carbons (Fsp3) is 0.625. The molecule has 2 amide bonds. The highest BCUT2D eigenvalue weighted by molar-refractivity contribution is 7.90. The van der Waals surface area contributed by atoms with E-state index >= 15 is 0 Å². The van der Waals surface area contributed by atoms with Crippen molar-refractivity contribution < 1.29 is 18.0 Å². The number of amidine groups is 1. The van der Waals surface area contributed by atoms with Gasteiger partial charge in [-0.25, -0.2) is 0 Å². The predicted octanol–water partition coefficient (Wildman–Crippen LogP) is 2.29. The van der Waals surface area contributed by atoms with E-state index < -0.39 is 16.1 Å². The van der Waals surface area contributed by atoms with Crippen molar-refractivity contribution in [3.63, 3.8) is 0 Å². The van der Waals surface area contributed by atoms with E-state index in [0.717, 1.165) is 44.9 Å². The number of likely N-dealkylation sites (tertiary alicyclic amines) is 2. The molecular weight excluding hydrogens is 440 g/mol. The molecule has 0 aromatic heterocycles. The Morgan fingerprint density at radius 1 is 0.909 bits per heavy atom. The van der Waals surface area contributed by atoms with Crippen LogP contribution >= 0.6 is 0 Å². The minimum Gasteiger partial charge on any atom is -0.351 e. The number of rotatable bonds is 3. The van der Waals surface area contributed by atoms with E-state index in [1.807, 2.05) is 9.80 Å². The Bertz CT molecular complexity index is 1060. The molecule has 2 saturated heterocycles. The van der Waals surface area contributed by atoms with Crippen LogP contribution in [0, 0.1) is 5.92 Å². The van der Waals surface area contributed by atoms with Gasteiger partial charge in [-0.05, 0) is 50.7 Å². The number of nitrogens with one attached hydrogen (secondary N) is 1. The second-order valence-electron chi connectivity index (χ2n) is 9.68. The van der Waals surface area contributed by atoms with Crippen molar-refractivity contribution in [2.24, 2.45) is 10.3 Å². The van der Waals surface area contributed by atoms with Crippen LogP contribution in [0.2, 0.25) is 0 Å². The molecule has 8 nitrogen and oxygen atoms in total. The van der Waals surface area contributed by atoms with Crippen molar-refractivity contribution in [1.82, 2.24) is 15.1 Å². The molecule has 1 aromatic rings. The van der Waals surface area contributed by atoms with Crippen LogP contribution in [0.3, 0.4) is 0 Å². The number of hydrogen-bond donors (Lipinski definition) is 1. The van der Waals surface area contributed by atoms with Crippen molar-refractivity contribution in [3.05, 3.63) is 29.8 Å². The van der Waals surface area contributed by atoms with Gasteiger partial charge in [0.25, 0.3) is 10.0 Å². The van der Waals surface area contributed by atoms with Crippen LogP contribution in [0.5, 0.6) is 0 Å². The Morgan fingerprint density at radius 2 is 1.64 bits per heavy atom. The van der Waals surface area contributed by atoms with Gasteiger partial charge < -0.3 is 15.1 Å². The van der Waals surface area contributed by atoms with Crippen LogP contribution in [0.4, 0.5) is 0 Å². The minimum absolute atomic E-state index is 0.0388. The number of piperidine rings is 1. The molecule has 0 unspecified atom stereocenters. The average Bonchev–Trinajstić information content (AvgIpc) is 3.42. The first-order chi connectivity index (χ1) is 15.9. The van der Waals surface area contributed by atoms with Gasteiger partial charge in [0.2, 0.25) is 11.8 Å². The van der Waals surface area contributed by atoms with Crippen LogP contribution in [0.1, 0.15) is 63.4 Å². The summed E-state index contributed by atoms with van der Waals surface area (Å²) in [5.74, 6) is 0.786. The molecular formula is C24H32N4O4S. The molecule has 4 aliphatic rings. The number of sulfonamides is 1. The summed E-state index contributed by atoms with van der Waals surface area (Å²) >= 11 is 0. The summed E-state index contributed by atoms with van der Waals surface area (Å²) in [6, 6.07) is 6.42. The highest BCUT2D eigenvalue weighted by Crippen LogP contribution is 2.31. The van der Waals surface area contributed by atoms with Crippen LogP contribution in [-0.2, 0) is 19.6 Å². The molecule has 9 heteroatoms. The first kappa shape index (κ1) is 22.4. The van der Waals surface area contributed by atoms with Gasteiger partial charge >= 0.3 is 0 Å². The van der Waals surface area contributed by atoms with Crippen LogP contribution in [0.25, 0.3) is 0 Å². The largest absolute Gasteiger partial charge is 0.351 e. The van der Waals surface area contributed by atoms with Gasteiger partial charge in [0.1, 0.15) is 10.9 Å². The molecule has 33 heavy (non-hydrogen) atoms. The lowest BCUT2D eigenvalue weighted by atomic mass is 9.87. The zero-order chi connectivity index (χ0) is 23.0. The monoisotopic (exact) mass is 472 g/mol. The quantitative estimate of drug-likeness (QED) is 0.728. The molecule has 3 fully saturated rings. The van der Waals surface area contributed by atoms with E-state index in [2.05, 4.69) is 9.71 Å². The Hall–Kier alpha value is -2.42. The number of amides is 2. The summed E-state index contributed by atoms with van der Waals surface area (Å²) in [5, 5.41) is 3.17. The van der Waals surface area contributed by atoms with Crippen LogP contribution < -0.4 is 5.32 Å². The average molecular weight is 473 g/mol. The van der Waals surface area contributed by atoms with Crippen molar-refractivity contribution in [1.29, 1.82) is 0 Å². The number of benzene rings is 1. The van der Waals surface area contributed by atoms with Crippen molar-refractivity contribution in [3.8, 4) is 0 Å². The van der Waals surface area contributed by atoms with Gasteiger partial charge in [0.15, 0.2) is 5.84 Å². The zero-order valence-electron chi connectivity index (χ0n) is 18.9. The van der Waals surface area contributed by atoms with Crippen LogP contribution in [0.15, 0.2) is 33.6 Å². The van der Waals surface area contributed by atoms with Gasteiger partial charge in [-0.1, -0.05) is 31.4 Å². The molecule has 3 aliphatic heterocycles. The normalized spacial score (nSPS) is 25.6. The third-order valence-electron chi connectivity index (χ3n) is 7.55. The fourth-order valence-corrected chi connectivity index (χ4v) is 6.95. The third kappa shape index (κ3) is 4.39. The summed E-state index contributed by atoms with van der Waals surface area (Å²) in [4.78, 5) is 30.0. The van der Waals surface area contributed by atoms with Crippen LogP contribution in [-0.4, -0.2) is 67.6 Å². The van der Waals surface area contributed by atoms with E-state index in [0.29, 0.717) is 43.4 Å². The van der Waals surface area contributed by atoms with E-state index in [1.54, 1.807) is 24.3 Å². The Kier molecular flexibility index (Phi) is 6.16. The molecule has 1 N–H and O–H groups in total. The first-order valence-electron chi connectivity index (χ1n) is 12.2. The maximum Gasteiger partial charge on any atom is 0.285 e. The second-order valence-corrected chi connectivity index (χ2v) is 11.3. The lowest BCUT2D eigenvalue weighted by molar-refractivity contribution is -0.137. The molecule has 0 bridgehead atoms. The summed E-state index contributed by atoms with van der Waals surface area (Å²) in [6.45, 7) is 1.98. The second kappa shape index (κ2) is 9.08. The topological polar surface area (TPSA) is 99.2 Å². The highest BCUT2D eigenvalue weighted by atomic mass is 32.2. The third-order valence-corrected chi connectivity index (χ3v) is 8.87. The maximum atomic E-state index is 13.2. The Labute approximate surface area is 195 Å². The van der Waals surface area contributed by atoms with Gasteiger partial charge in [0.05, 0.1) is 0 Å². The molecule has 1 atom stereocenters. The molecule has 5 rings (SSSR count). The minimum atomic E-state index is -3.72. The summed E-state index contributed by atoms with van der Waals surface area (Å²) in [5.41, 5.74) is 0.576. The number of carbonyl (C=O) groups is 2. The lowest BCUT2D eigenvalue weighted by Crippen LogP contribution is -2.52. The van der Waals surface area contributed by atoms with Gasteiger partial charge in [-0.3, -0.25) is 9.59 Å². The number of carbonyl (C=O) groups excluding carboxylic acids is 2. The van der Waals surface area contributed by atoms with Gasteiger partial charge in [-0.15, -0.1) is 4.40 Å². The molecule has 178 valence electrons. The van der Waals surface area contributed by atoms with Crippen molar-refractivity contribution in [2.45, 2.75) is 74.8 Å². The Morgan fingerprint density at radius 3 is 2.39 bits per heavy atom. The summed E-state index contributed by atoms with van der Waals surface area (Å²) < 4.78 is 28.9. The van der Waals surface area contributed by atoms with E-state index in [-0.39, 0.29) is 22.8 Å². The van der Waals surface area contributed by atoms with Gasteiger partial charge in [0, 0.05) is 37.2 Å². The zero-order valence-corrected chi connectivity index (χ0v) is 19.7. The fourth-order valence-electron chi connectivity index (χ4n) is 5.74. The number of nitrogens with zero attached hydrogens (tertiary/aromatic N) is 3. The standard InChI is InChI=1S/C24H32N4O4S/c29-23(25-18-12-15-27(16-13-18)24(30)17-7-2-1-3-8-17)20-10-6-14-28(20)22-19-9-4-5-11-21(19)33(31,32)26-22/h4-5,9,11,17-18,20H,1-3,6-8,10,12-16H2,(H,25,29)/t20-/m0/s1. The van der Waals surface area contributed by atoms with Crippen molar-refractivity contribution >= 4 is 27.7 Å². The van der Waals surface area contributed by atoms with E-state index in [9.17, 15) is 18.0 Å². The molecule has 1 aromatic carbocycles. The lowest BCUT2D eigenvalue weighted by Gasteiger charge is -2.36. The molecule has 0 spiro atoms. The molecule has 1 saturated carbocycles. The molecule has 3 heterocycles. The maximum absolute atomic E-state index is 13.2. The smallest absolute Gasteiger partial charge is 0.285 e. The summed E-state index contributed by atoms with van der Waals surface area (Å²) in [7, 11) is -3.72. The predicted molar refractivity (Wildman–Crippen MR) is 124 cm³/mol. The molecule has 0 radical (unpaired) electrons. The van der Waals surface area contributed by atoms with Gasteiger partial charge in [-0.2, -0.15) is 8.42 Å². The number of hydrogen-bond acceptors (Lipinski definition) is 5. The number of fused-ring (bicyclic) bond motifs is 1. The summed E-state index contributed by atoms with van der Waals surface area (Å²) in [6.07, 6.45) is 8.56.